The smallest absolute Gasteiger partial charge is 0.136 e. The molecule has 0 radical (unpaired) electrons. The molecule has 1 saturated heterocycles. The molecule has 2 aromatic rings. The minimum Gasteiger partial charge on any atom is -0.399 e. The molecule has 0 aliphatic carbocycles. The lowest BCUT2D eigenvalue weighted by Gasteiger charge is -2.31. The highest BCUT2D eigenvalue weighted by Gasteiger charge is 2.23. The number of likely N-dealkylation sites (N-methyl/N-ethyl adjacent to an activating group) is 1. The summed E-state index contributed by atoms with van der Waals surface area (Å²) >= 11 is 0. The molecule has 1 fully saturated rings. The van der Waals surface area contributed by atoms with Crippen molar-refractivity contribution in [3.63, 3.8) is 0 Å². The van der Waals surface area contributed by atoms with Gasteiger partial charge in [-0.05, 0) is 44.6 Å². The third kappa shape index (κ3) is 2.19. The van der Waals surface area contributed by atoms with Gasteiger partial charge in [0.1, 0.15) is 12.4 Å². The van der Waals surface area contributed by atoms with Crippen LogP contribution in [0.2, 0.25) is 0 Å². The van der Waals surface area contributed by atoms with Gasteiger partial charge in [0.05, 0.1) is 11.0 Å². The predicted molar refractivity (Wildman–Crippen MR) is 75.8 cm³/mol. The van der Waals surface area contributed by atoms with Crippen molar-refractivity contribution in [3.8, 4) is 0 Å². The number of hydrogen-bond acceptors (Lipinski definition) is 4. The fraction of sp³-hybridized carbons (Fsp3) is 0.500. The van der Waals surface area contributed by atoms with Crippen LogP contribution in [0.3, 0.4) is 0 Å². The number of aliphatic hydroxyl groups excluding tert-OH is 1. The van der Waals surface area contributed by atoms with Crippen molar-refractivity contribution in [2.75, 3.05) is 25.9 Å². The van der Waals surface area contributed by atoms with Gasteiger partial charge in [0, 0.05) is 18.3 Å². The van der Waals surface area contributed by atoms with Gasteiger partial charge in [0.15, 0.2) is 0 Å². The lowest BCUT2D eigenvalue weighted by atomic mass is 10.1. The Bertz CT molecular complexity index is 592. The Kier molecular flexibility index (Phi) is 3.16. The van der Waals surface area contributed by atoms with Crippen LogP contribution in [0.25, 0.3) is 11.0 Å². The molecule has 102 valence electrons. The maximum Gasteiger partial charge on any atom is 0.136 e. The van der Waals surface area contributed by atoms with E-state index in [0.29, 0.717) is 11.7 Å². The van der Waals surface area contributed by atoms with Gasteiger partial charge >= 0.3 is 0 Å². The van der Waals surface area contributed by atoms with Crippen molar-refractivity contribution >= 4 is 16.7 Å². The van der Waals surface area contributed by atoms with Gasteiger partial charge in [-0.3, -0.25) is 0 Å². The summed E-state index contributed by atoms with van der Waals surface area (Å²) in [6, 6.07) is 6.16. The molecule has 1 aromatic carbocycles. The summed E-state index contributed by atoms with van der Waals surface area (Å²) in [7, 11) is 2.14. The quantitative estimate of drug-likeness (QED) is 0.800. The van der Waals surface area contributed by atoms with Crippen molar-refractivity contribution in [2.45, 2.75) is 25.5 Å². The first-order valence-corrected chi connectivity index (χ1v) is 6.75. The molecule has 0 saturated carbocycles. The Balaban J connectivity index is 2.10. The van der Waals surface area contributed by atoms with Crippen LogP contribution >= 0.6 is 0 Å². The minimum absolute atomic E-state index is 0.0329. The van der Waals surface area contributed by atoms with Crippen LogP contribution in [-0.2, 0) is 6.61 Å². The first-order chi connectivity index (χ1) is 9.19. The molecule has 0 spiro atoms. The standard InChI is InChI=1S/C14H20N4O/c1-17-6-2-3-11(8-17)18-13-5-4-10(15)7-12(13)16-14(18)9-19/h4-5,7,11,19H,2-3,6,8-9,15H2,1H3. The molecule has 2 heterocycles. The van der Waals surface area contributed by atoms with E-state index in [1.54, 1.807) is 0 Å². The van der Waals surface area contributed by atoms with Crippen molar-refractivity contribution in [1.82, 2.24) is 14.5 Å². The summed E-state index contributed by atoms with van der Waals surface area (Å²) in [6.07, 6.45) is 2.31. The van der Waals surface area contributed by atoms with Crippen LogP contribution in [0.5, 0.6) is 0 Å². The Morgan fingerprint density at radius 3 is 3.05 bits per heavy atom. The van der Waals surface area contributed by atoms with Crippen molar-refractivity contribution in [2.24, 2.45) is 0 Å². The Hall–Kier alpha value is -1.59. The van der Waals surface area contributed by atoms with E-state index in [0.717, 1.165) is 36.4 Å². The van der Waals surface area contributed by atoms with E-state index in [4.69, 9.17) is 5.73 Å². The summed E-state index contributed by atoms with van der Waals surface area (Å²) < 4.78 is 2.18. The molecule has 5 nitrogen and oxygen atoms in total. The zero-order valence-corrected chi connectivity index (χ0v) is 11.2. The second-order valence-corrected chi connectivity index (χ2v) is 5.36. The number of imidazole rings is 1. The SMILES string of the molecule is CN1CCCC(n2c(CO)nc3cc(N)ccc32)C1. The predicted octanol–water partition coefficient (Wildman–Crippen LogP) is 1.38. The van der Waals surface area contributed by atoms with Gasteiger partial charge in [-0.15, -0.1) is 0 Å². The van der Waals surface area contributed by atoms with Crippen LogP contribution in [0.1, 0.15) is 24.7 Å². The molecule has 0 bridgehead atoms. The Labute approximate surface area is 112 Å². The van der Waals surface area contributed by atoms with Gasteiger partial charge in [-0.2, -0.15) is 0 Å². The number of nitrogens with zero attached hydrogens (tertiary/aromatic N) is 3. The van der Waals surface area contributed by atoms with Gasteiger partial charge < -0.3 is 20.3 Å². The largest absolute Gasteiger partial charge is 0.399 e. The number of aromatic nitrogens is 2. The maximum atomic E-state index is 9.56. The van der Waals surface area contributed by atoms with E-state index in [1.807, 2.05) is 18.2 Å². The third-order valence-corrected chi connectivity index (χ3v) is 3.89. The number of rotatable bonds is 2. The highest BCUT2D eigenvalue weighted by molar-refractivity contribution is 5.79. The van der Waals surface area contributed by atoms with Crippen LogP contribution in [0, 0.1) is 0 Å². The normalized spacial score (nSPS) is 21.1. The van der Waals surface area contributed by atoms with Crippen molar-refractivity contribution in [1.29, 1.82) is 0 Å². The molecule has 1 unspecified atom stereocenters. The molecule has 19 heavy (non-hydrogen) atoms. The first kappa shape index (κ1) is 12.4. The number of hydrogen-bond donors (Lipinski definition) is 2. The lowest BCUT2D eigenvalue weighted by molar-refractivity contribution is 0.201. The minimum atomic E-state index is -0.0329. The molecule has 3 rings (SSSR count). The summed E-state index contributed by atoms with van der Waals surface area (Å²) in [5, 5.41) is 9.56. The average Bonchev–Trinajstić information content (AvgIpc) is 2.76. The Morgan fingerprint density at radius 2 is 2.32 bits per heavy atom. The molecule has 5 heteroatoms. The average molecular weight is 260 g/mol. The number of fused-ring (bicyclic) bond motifs is 1. The van der Waals surface area contributed by atoms with Crippen LogP contribution < -0.4 is 5.73 Å². The fourth-order valence-corrected chi connectivity index (χ4v) is 3.03. The van der Waals surface area contributed by atoms with Crippen LogP contribution in [-0.4, -0.2) is 39.7 Å². The van der Waals surface area contributed by atoms with Gasteiger partial charge in [-0.1, -0.05) is 0 Å². The second-order valence-electron chi connectivity index (χ2n) is 5.36. The first-order valence-electron chi connectivity index (χ1n) is 6.75. The highest BCUT2D eigenvalue weighted by Crippen LogP contribution is 2.28. The van der Waals surface area contributed by atoms with Gasteiger partial charge in [0.2, 0.25) is 0 Å². The topological polar surface area (TPSA) is 67.3 Å². The molecule has 0 amide bonds. The summed E-state index contributed by atoms with van der Waals surface area (Å²) in [4.78, 5) is 6.84. The fourth-order valence-electron chi connectivity index (χ4n) is 3.03. The van der Waals surface area contributed by atoms with Crippen LogP contribution in [0.4, 0.5) is 5.69 Å². The van der Waals surface area contributed by atoms with Crippen molar-refractivity contribution in [3.05, 3.63) is 24.0 Å². The number of likely N-dealkylation sites (tertiary alicyclic amines) is 1. The maximum absolute atomic E-state index is 9.56. The lowest BCUT2D eigenvalue weighted by Crippen LogP contribution is -2.34. The number of anilines is 1. The summed E-state index contributed by atoms with van der Waals surface area (Å²) in [5.41, 5.74) is 8.46. The zero-order valence-electron chi connectivity index (χ0n) is 11.2. The number of aliphatic hydroxyl groups is 1. The van der Waals surface area contributed by atoms with E-state index >= 15 is 0 Å². The van der Waals surface area contributed by atoms with Crippen molar-refractivity contribution < 1.29 is 5.11 Å². The van der Waals surface area contributed by atoms with E-state index in [-0.39, 0.29) is 6.61 Å². The highest BCUT2D eigenvalue weighted by atomic mass is 16.3. The molecule has 1 aliphatic heterocycles. The Morgan fingerprint density at radius 1 is 1.47 bits per heavy atom. The number of nitrogen functional groups attached to an aromatic ring is 1. The second kappa shape index (κ2) is 4.83. The molecule has 3 N–H and O–H groups in total. The number of piperidine rings is 1. The molecule has 1 aromatic heterocycles. The summed E-state index contributed by atoms with van der Waals surface area (Å²) in [6.45, 7) is 2.11. The monoisotopic (exact) mass is 260 g/mol. The molecular formula is C14H20N4O. The molecule has 1 aliphatic rings. The third-order valence-electron chi connectivity index (χ3n) is 3.89. The van der Waals surface area contributed by atoms with Crippen LogP contribution in [0.15, 0.2) is 18.2 Å². The van der Waals surface area contributed by atoms with E-state index in [2.05, 4.69) is 21.5 Å². The van der Waals surface area contributed by atoms with E-state index in [1.165, 1.54) is 6.42 Å². The summed E-state index contributed by atoms with van der Waals surface area (Å²) in [5.74, 6) is 0.737. The van der Waals surface area contributed by atoms with Gasteiger partial charge in [-0.25, -0.2) is 4.98 Å². The van der Waals surface area contributed by atoms with Gasteiger partial charge in [0.25, 0.3) is 0 Å². The molecule has 1 atom stereocenters. The number of benzene rings is 1. The number of nitrogens with two attached hydrogens (primary N) is 1. The van der Waals surface area contributed by atoms with E-state index in [9.17, 15) is 5.11 Å². The molecular weight excluding hydrogens is 240 g/mol. The van der Waals surface area contributed by atoms with E-state index < -0.39 is 0 Å². The zero-order chi connectivity index (χ0) is 13.4.